The van der Waals surface area contributed by atoms with Gasteiger partial charge in [0.25, 0.3) is 0 Å². The number of ether oxygens (including phenoxy) is 2. The second-order valence-corrected chi connectivity index (χ2v) is 9.17. The van der Waals surface area contributed by atoms with E-state index >= 15 is 0 Å². The first-order valence-corrected chi connectivity index (χ1v) is 12.1. The Morgan fingerprint density at radius 3 is 2.00 bits per heavy atom. The van der Waals surface area contributed by atoms with Gasteiger partial charge in [0.1, 0.15) is 17.3 Å². The largest absolute Gasteiger partial charge is 0.494 e. The van der Waals surface area contributed by atoms with Crippen molar-refractivity contribution in [2.24, 2.45) is 5.73 Å². The van der Waals surface area contributed by atoms with Crippen LogP contribution in [0.2, 0.25) is 0 Å². The number of hydrogen-bond acceptors (Lipinski definition) is 5. The minimum Gasteiger partial charge on any atom is -0.494 e. The molecule has 0 amide bonds. The number of nitrogen functional groups attached to an aromatic ring is 1. The molecule has 0 unspecified atom stereocenters. The zero-order valence-corrected chi connectivity index (χ0v) is 20.0. The summed E-state index contributed by atoms with van der Waals surface area (Å²) in [4.78, 5) is 6.22. The summed E-state index contributed by atoms with van der Waals surface area (Å²) in [5, 5.41) is 8.61. The Balaban J connectivity index is 1.37. The minimum atomic E-state index is 0.0697. The third-order valence-electron chi connectivity index (χ3n) is 5.15. The predicted octanol–water partition coefficient (Wildman–Crippen LogP) is 6.41. The summed E-state index contributed by atoms with van der Waals surface area (Å²) in [6, 6.07) is 15.6. The van der Waals surface area contributed by atoms with Gasteiger partial charge in [-0.2, -0.15) is 0 Å². The number of aryl methyl sites for hydroxylation is 1. The third kappa shape index (κ3) is 6.57. The van der Waals surface area contributed by atoms with Gasteiger partial charge in [0.2, 0.25) is 0 Å². The van der Waals surface area contributed by atoms with Gasteiger partial charge in [-0.15, -0.1) is 11.3 Å². The van der Waals surface area contributed by atoms with Crippen LogP contribution in [0.1, 0.15) is 61.4 Å². The van der Waals surface area contributed by atoms with E-state index in [1.54, 1.807) is 12.1 Å². The van der Waals surface area contributed by atoms with Crippen molar-refractivity contribution < 1.29 is 9.47 Å². The maximum absolute atomic E-state index is 7.40. The van der Waals surface area contributed by atoms with Crippen LogP contribution in [0.25, 0.3) is 11.3 Å². The smallest absolute Gasteiger partial charge is 0.122 e. The lowest BCUT2D eigenvalue weighted by atomic mass is 10.1. The Kier molecular flexibility index (Phi) is 8.68. The Morgan fingerprint density at radius 2 is 1.50 bits per heavy atom. The Labute approximate surface area is 195 Å². The van der Waals surface area contributed by atoms with Crippen molar-refractivity contribution in [3.8, 4) is 22.8 Å². The zero-order valence-electron chi connectivity index (χ0n) is 19.2. The summed E-state index contributed by atoms with van der Waals surface area (Å²) in [6.07, 6.45) is 4.00. The van der Waals surface area contributed by atoms with E-state index in [9.17, 15) is 0 Å². The molecule has 5 nitrogen and oxygen atoms in total. The zero-order chi connectivity index (χ0) is 22.9. The molecule has 0 fully saturated rings. The van der Waals surface area contributed by atoms with Gasteiger partial charge in [0, 0.05) is 21.9 Å². The second-order valence-electron chi connectivity index (χ2n) is 8.05. The second kappa shape index (κ2) is 11.7. The number of amidine groups is 1. The quantitative estimate of drug-likeness (QED) is 0.189. The van der Waals surface area contributed by atoms with Crippen LogP contribution in [0.5, 0.6) is 11.5 Å². The average Bonchev–Trinajstić information content (AvgIpc) is 3.24. The van der Waals surface area contributed by atoms with Gasteiger partial charge in [-0.05, 0) is 74.2 Å². The number of nitrogens with zero attached hydrogens (tertiary/aromatic N) is 1. The summed E-state index contributed by atoms with van der Waals surface area (Å²) in [6.45, 7) is 7.94. The normalized spacial score (nSPS) is 11.0. The van der Waals surface area contributed by atoms with E-state index in [1.165, 1.54) is 9.88 Å². The molecule has 0 saturated heterocycles. The average molecular weight is 452 g/mol. The van der Waals surface area contributed by atoms with Crippen LogP contribution < -0.4 is 15.2 Å². The number of thiazole rings is 1. The van der Waals surface area contributed by atoms with Crippen LogP contribution >= 0.6 is 11.3 Å². The highest BCUT2D eigenvalue weighted by Gasteiger charge is 2.14. The number of hydrogen-bond donors (Lipinski definition) is 2. The summed E-state index contributed by atoms with van der Waals surface area (Å²) in [5.41, 5.74) is 8.44. The minimum absolute atomic E-state index is 0.0697. The van der Waals surface area contributed by atoms with Crippen LogP contribution in [0.3, 0.4) is 0 Å². The highest BCUT2D eigenvalue weighted by atomic mass is 32.1. The Hall–Kier alpha value is -2.86. The van der Waals surface area contributed by atoms with Crippen molar-refractivity contribution in [2.45, 2.75) is 52.4 Å². The molecule has 0 atom stereocenters. The van der Waals surface area contributed by atoms with E-state index < -0.39 is 0 Å². The van der Waals surface area contributed by atoms with E-state index in [1.807, 2.05) is 35.6 Å². The molecule has 6 heteroatoms. The number of unbranched alkanes of at least 4 members (excludes halogenated alkanes) is 2. The van der Waals surface area contributed by atoms with Crippen molar-refractivity contribution in [3.63, 3.8) is 0 Å². The first-order chi connectivity index (χ1) is 15.5. The first kappa shape index (κ1) is 23.8. The van der Waals surface area contributed by atoms with Crippen molar-refractivity contribution in [2.75, 3.05) is 13.2 Å². The molecule has 1 aromatic heterocycles. The SMILES string of the molecule is CCc1sc(C(C)C)nc1-c1ccc(OCCCCCOc2ccc(C(=N)N)cc2)cc1. The molecule has 0 radical (unpaired) electrons. The molecule has 0 aliphatic carbocycles. The van der Waals surface area contributed by atoms with Gasteiger partial charge in [-0.1, -0.05) is 20.8 Å². The summed E-state index contributed by atoms with van der Waals surface area (Å²) in [5.74, 6) is 2.23. The fourth-order valence-electron chi connectivity index (χ4n) is 3.28. The summed E-state index contributed by atoms with van der Waals surface area (Å²) < 4.78 is 11.6. The lowest BCUT2D eigenvalue weighted by Crippen LogP contribution is -2.10. The molecule has 0 bridgehead atoms. The van der Waals surface area contributed by atoms with Crippen LogP contribution in [0.15, 0.2) is 48.5 Å². The molecule has 170 valence electrons. The molecular weight excluding hydrogens is 418 g/mol. The Morgan fingerprint density at radius 1 is 0.938 bits per heavy atom. The van der Waals surface area contributed by atoms with Crippen LogP contribution in [-0.2, 0) is 6.42 Å². The molecule has 1 heterocycles. The molecule has 0 aliphatic rings. The van der Waals surface area contributed by atoms with Crippen molar-refractivity contribution in [1.29, 1.82) is 5.41 Å². The van der Waals surface area contributed by atoms with Crippen LogP contribution in [0, 0.1) is 5.41 Å². The molecule has 0 saturated carbocycles. The monoisotopic (exact) mass is 451 g/mol. The van der Waals surface area contributed by atoms with E-state index in [-0.39, 0.29) is 5.84 Å². The molecule has 0 spiro atoms. The third-order valence-corrected chi connectivity index (χ3v) is 6.65. The van der Waals surface area contributed by atoms with Crippen molar-refractivity contribution in [1.82, 2.24) is 4.98 Å². The highest BCUT2D eigenvalue weighted by Crippen LogP contribution is 2.32. The molecular formula is C26H33N3O2S. The highest BCUT2D eigenvalue weighted by molar-refractivity contribution is 7.12. The van der Waals surface area contributed by atoms with Crippen LogP contribution in [-0.4, -0.2) is 24.0 Å². The summed E-state index contributed by atoms with van der Waals surface area (Å²) >= 11 is 1.82. The fraction of sp³-hybridized carbons (Fsp3) is 0.385. The predicted molar refractivity (Wildman–Crippen MR) is 133 cm³/mol. The molecule has 32 heavy (non-hydrogen) atoms. The van der Waals surface area contributed by atoms with E-state index in [0.717, 1.165) is 48.4 Å². The van der Waals surface area contributed by atoms with Gasteiger partial charge < -0.3 is 15.2 Å². The lowest BCUT2D eigenvalue weighted by molar-refractivity contribution is 0.279. The van der Waals surface area contributed by atoms with Crippen molar-refractivity contribution in [3.05, 3.63) is 64.0 Å². The Bertz CT molecular complexity index is 995. The standard InChI is InChI=1S/C26H33N3O2S/c1-4-23-24(29-26(32-23)18(2)3)19-8-12-21(13-9-19)30-16-6-5-7-17-31-22-14-10-20(11-15-22)25(27)28/h8-15,18H,4-7,16-17H2,1-3H3,(H3,27,28). The number of benzene rings is 2. The van der Waals surface area contributed by atoms with E-state index in [0.29, 0.717) is 24.7 Å². The molecule has 2 aromatic carbocycles. The maximum Gasteiger partial charge on any atom is 0.122 e. The van der Waals surface area contributed by atoms with Gasteiger partial charge in [0.15, 0.2) is 0 Å². The van der Waals surface area contributed by atoms with Gasteiger partial charge in [-0.3, -0.25) is 5.41 Å². The number of nitrogens with two attached hydrogens (primary N) is 1. The van der Waals surface area contributed by atoms with Gasteiger partial charge in [0.05, 0.1) is 23.9 Å². The van der Waals surface area contributed by atoms with Gasteiger partial charge >= 0.3 is 0 Å². The fourth-order valence-corrected chi connectivity index (χ4v) is 4.31. The number of aromatic nitrogens is 1. The molecule has 3 aromatic rings. The molecule has 0 aliphatic heterocycles. The van der Waals surface area contributed by atoms with E-state index in [2.05, 4.69) is 32.9 Å². The topological polar surface area (TPSA) is 81.2 Å². The number of rotatable bonds is 12. The van der Waals surface area contributed by atoms with Crippen molar-refractivity contribution >= 4 is 17.2 Å². The van der Waals surface area contributed by atoms with Crippen LogP contribution in [0.4, 0.5) is 0 Å². The first-order valence-electron chi connectivity index (χ1n) is 11.3. The maximum atomic E-state index is 7.40. The summed E-state index contributed by atoms with van der Waals surface area (Å²) in [7, 11) is 0. The molecule has 3 N–H and O–H groups in total. The lowest BCUT2D eigenvalue weighted by Gasteiger charge is -2.09. The van der Waals surface area contributed by atoms with E-state index in [4.69, 9.17) is 25.6 Å². The molecule has 3 rings (SSSR count). The van der Waals surface area contributed by atoms with Gasteiger partial charge in [-0.25, -0.2) is 4.98 Å². The number of nitrogens with one attached hydrogen (secondary N) is 1.